The first kappa shape index (κ1) is 15.5. The average molecular weight is 305 g/mol. The molecule has 2 aliphatic heterocycles. The molecule has 6 nitrogen and oxygen atoms in total. The highest BCUT2D eigenvalue weighted by molar-refractivity contribution is 5.78. The van der Waals surface area contributed by atoms with Gasteiger partial charge in [-0.05, 0) is 40.0 Å². The Bertz CT molecular complexity index is 545. The molecule has 3 rings (SSSR count). The molecule has 3 heterocycles. The van der Waals surface area contributed by atoms with E-state index in [1.807, 2.05) is 35.6 Å². The van der Waals surface area contributed by atoms with Crippen LogP contribution in [0, 0.1) is 0 Å². The highest BCUT2D eigenvalue weighted by atomic mass is 16.2. The van der Waals surface area contributed by atoms with Crippen LogP contribution in [-0.4, -0.2) is 64.1 Å². The van der Waals surface area contributed by atoms with Crippen molar-refractivity contribution >= 4 is 5.91 Å². The number of likely N-dealkylation sites (N-methyl/N-ethyl adjacent to an activating group) is 1. The Morgan fingerprint density at radius 1 is 1.18 bits per heavy atom. The lowest BCUT2D eigenvalue weighted by atomic mass is 10.1. The van der Waals surface area contributed by atoms with Gasteiger partial charge in [0.25, 0.3) is 0 Å². The third kappa shape index (κ3) is 3.17. The molecule has 6 heteroatoms. The van der Waals surface area contributed by atoms with Crippen molar-refractivity contribution < 1.29 is 4.79 Å². The summed E-state index contributed by atoms with van der Waals surface area (Å²) in [5, 5.41) is 4.71. The molecule has 1 amide bonds. The van der Waals surface area contributed by atoms with Gasteiger partial charge < -0.3 is 9.80 Å². The number of likely N-dealkylation sites (tertiary alicyclic amines) is 1. The summed E-state index contributed by atoms with van der Waals surface area (Å²) in [5.74, 6) is 0.199. The third-order valence-corrected chi connectivity index (χ3v) is 4.67. The molecule has 0 atom stereocenters. The fraction of sp³-hybridized carbons (Fsp3) is 0.750. The molecule has 122 valence electrons. The number of hydrogen-bond donors (Lipinski definition) is 0. The summed E-state index contributed by atoms with van der Waals surface area (Å²) in [6.45, 7) is 5.18. The molecule has 0 radical (unpaired) electrons. The molecule has 1 aromatic rings. The van der Waals surface area contributed by atoms with Gasteiger partial charge in [-0.2, -0.15) is 5.10 Å². The van der Waals surface area contributed by atoms with Crippen molar-refractivity contribution in [1.29, 1.82) is 0 Å². The van der Waals surface area contributed by atoms with Gasteiger partial charge in [0.2, 0.25) is 5.91 Å². The van der Waals surface area contributed by atoms with Gasteiger partial charge in [0.15, 0.2) is 0 Å². The van der Waals surface area contributed by atoms with Crippen molar-refractivity contribution in [2.45, 2.75) is 38.9 Å². The summed E-state index contributed by atoms with van der Waals surface area (Å²) in [6.07, 6.45) is 3.94. The molecule has 22 heavy (non-hydrogen) atoms. The minimum Gasteiger partial charge on any atom is -0.331 e. The molecule has 1 aromatic heterocycles. The van der Waals surface area contributed by atoms with Crippen LogP contribution in [0.25, 0.3) is 0 Å². The first-order valence-corrected chi connectivity index (χ1v) is 8.23. The normalized spacial score (nSPS) is 19.0. The van der Waals surface area contributed by atoms with Crippen LogP contribution in [0.4, 0.5) is 0 Å². The quantitative estimate of drug-likeness (QED) is 0.826. The molecular formula is C16H27N5O. The van der Waals surface area contributed by atoms with Crippen LogP contribution in [0.3, 0.4) is 0 Å². The van der Waals surface area contributed by atoms with Crippen molar-refractivity contribution in [1.82, 2.24) is 24.5 Å². The fourth-order valence-electron chi connectivity index (χ4n) is 3.47. The second kappa shape index (κ2) is 6.38. The van der Waals surface area contributed by atoms with E-state index in [-0.39, 0.29) is 5.91 Å². The van der Waals surface area contributed by atoms with E-state index in [2.05, 4.69) is 4.90 Å². The topological polar surface area (TPSA) is 44.6 Å². The summed E-state index contributed by atoms with van der Waals surface area (Å²) >= 11 is 0. The van der Waals surface area contributed by atoms with Crippen molar-refractivity contribution in [3.8, 4) is 0 Å². The summed E-state index contributed by atoms with van der Waals surface area (Å²) in [6, 6.07) is 0. The Morgan fingerprint density at radius 2 is 1.91 bits per heavy atom. The first-order chi connectivity index (χ1) is 10.5. The number of nitrogens with zero attached hydrogens (tertiary/aromatic N) is 5. The number of carbonyl (C=O) groups is 1. The molecule has 1 saturated heterocycles. The molecular weight excluding hydrogens is 278 g/mol. The number of aromatic nitrogens is 2. The van der Waals surface area contributed by atoms with E-state index in [0.717, 1.165) is 13.1 Å². The lowest BCUT2D eigenvalue weighted by Crippen LogP contribution is -2.35. The van der Waals surface area contributed by atoms with E-state index in [4.69, 9.17) is 5.10 Å². The Hall–Kier alpha value is -1.40. The maximum atomic E-state index is 12.3. The van der Waals surface area contributed by atoms with E-state index in [0.29, 0.717) is 13.1 Å². The minimum absolute atomic E-state index is 0.199. The molecule has 0 spiro atoms. The predicted molar refractivity (Wildman–Crippen MR) is 85.1 cm³/mol. The monoisotopic (exact) mass is 305 g/mol. The highest BCUT2D eigenvalue weighted by Gasteiger charge is 2.30. The maximum absolute atomic E-state index is 12.3. The van der Waals surface area contributed by atoms with Crippen molar-refractivity contribution in [3.63, 3.8) is 0 Å². The molecule has 0 aromatic carbocycles. The second-order valence-corrected chi connectivity index (χ2v) is 6.82. The standard InChI is InChI=1S/C16H27N5O/c1-18(2)12-16(22)21-9-13-14(17-19(3)15(13)11-21)10-20-7-5-4-6-8-20/h4-12H2,1-3H3. The van der Waals surface area contributed by atoms with Crippen LogP contribution < -0.4 is 0 Å². The molecule has 1 fully saturated rings. The van der Waals surface area contributed by atoms with Gasteiger partial charge >= 0.3 is 0 Å². The number of hydrogen-bond acceptors (Lipinski definition) is 4. The van der Waals surface area contributed by atoms with E-state index < -0.39 is 0 Å². The molecule has 0 bridgehead atoms. The number of carbonyl (C=O) groups excluding carboxylic acids is 1. The van der Waals surface area contributed by atoms with E-state index in [1.165, 1.54) is 49.3 Å². The van der Waals surface area contributed by atoms with E-state index >= 15 is 0 Å². The van der Waals surface area contributed by atoms with Gasteiger partial charge in [-0.15, -0.1) is 0 Å². The number of piperidine rings is 1. The summed E-state index contributed by atoms with van der Waals surface area (Å²) < 4.78 is 1.97. The van der Waals surface area contributed by atoms with E-state index in [9.17, 15) is 4.79 Å². The SMILES string of the molecule is CN(C)CC(=O)N1Cc2c(CN3CCCCC3)nn(C)c2C1. The highest BCUT2D eigenvalue weighted by Crippen LogP contribution is 2.27. The Morgan fingerprint density at radius 3 is 2.59 bits per heavy atom. The van der Waals surface area contributed by atoms with Crippen LogP contribution >= 0.6 is 0 Å². The van der Waals surface area contributed by atoms with Gasteiger partial charge in [0.1, 0.15) is 0 Å². The van der Waals surface area contributed by atoms with Crippen molar-refractivity contribution in [2.75, 3.05) is 33.7 Å². The zero-order chi connectivity index (χ0) is 15.7. The van der Waals surface area contributed by atoms with Crippen molar-refractivity contribution in [2.24, 2.45) is 7.05 Å². The third-order valence-electron chi connectivity index (χ3n) is 4.67. The van der Waals surface area contributed by atoms with Crippen molar-refractivity contribution in [3.05, 3.63) is 17.0 Å². The smallest absolute Gasteiger partial charge is 0.237 e. The number of aryl methyl sites for hydroxylation is 1. The Labute approximate surface area is 132 Å². The predicted octanol–water partition coefficient (Wildman–Crippen LogP) is 0.810. The van der Waals surface area contributed by atoms with Crippen LogP contribution in [0.1, 0.15) is 36.2 Å². The Balaban J connectivity index is 1.70. The minimum atomic E-state index is 0.199. The van der Waals surface area contributed by atoms with Crippen LogP contribution in [0.2, 0.25) is 0 Å². The number of rotatable bonds is 4. The largest absolute Gasteiger partial charge is 0.331 e. The van der Waals surface area contributed by atoms with Gasteiger partial charge in [0.05, 0.1) is 24.5 Å². The summed E-state index contributed by atoms with van der Waals surface area (Å²) in [4.78, 5) is 18.7. The van der Waals surface area contributed by atoms with Crippen LogP contribution in [-0.2, 0) is 31.5 Å². The fourth-order valence-corrected chi connectivity index (χ4v) is 3.47. The van der Waals surface area contributed by atoms with Crippen LogP contribution in [0.5, 0.6) is 0 Å². The first-order valence-electron chi connectivity index (χ1n) is 8.23. The number of amides is 1. The van der Waals surface area contributed by atoms with Crippen LogP contribution in [0.15, 0.2) is 0 Å². The average Bonchev–Trinajstić information content (AvgIpc) is 3.02. The lowest BCUT2D eigenvalue weighted by molar-refractivity contribution is -0.132. The molecule has 0 N–H and O–H groups in total. The summed E-state index contributed by atoms with van der Waals surface area (Å²) in [5.41, 5.74) is 3.65. The van der Waals surface area contributed by atoms with Gasteiger partial charge in [-0.1, -0.05) is 6.42 Å². The second-order valence-electron chi connectivity index (χ2n) is 6.82. The van der Waals surface area contributed by atoms with Gasteiger partial charge in [0, 0.05) is 25.7 Å². The number of fused-ring (bicyclic) bond motifs is 1. The van der Waals surface area contributed by atoms with Gasteiger partial charge in [-0.25, -0.2) is 0 Å². The lowest BCUT2D eigenvalue weighted by Gasteiger charge is -2.26. The zero-order valence-electron chi connectivity index (χ0n) is 14.0. The zero-order valence-corrected chi connectivity index (χ0v) is 14.0. The molecule has 0 unspecified atom stereocenters. The molecule has 2 aliphatic rings. The summed E-state index contributed by atoms with van der Waals surface area (Å²) in [7, 11) is 5.87. The maximum Gasteiger partial charge on any atom is 0.237 e. The van der Waals surface area contributed by atoms with Gasteiger partial charge in [-0.3, -0.25) is 14.4 Å². The Kier molecular flexibility index (Phi) is 4.49. The molecule has 0 saturated carbocycles. The van der Waals surface area contributed by atoms with E-state index in [1.54, 1.807) is 0 Å². The molecule has 0 aliphatic carbocycles.